The Morgan fingerprint density at radius 1 is 1.21 bits per heavy atom. The molecule has 0 aromatic carbocycles. The number of carbonyl (C=O) groups excluding carboxylic acids is 3. The van der Waals surface area contributed by atoms with E-state index in [4.69, 9.17) is 21.6 Å². The van der Waals surface area contributed by atoms with Gasteiger partial charge in [0.05, 0.1) is 25.3 Å². The fraction of sp³-hybridized carbons (Fsp3) is 0.765. The first-order valence-electron chi connectivity index (χ1n) is 9.25. The number of hydrogen-bond donors (Lipinski definition) is 7. The van der Waals surface area contributed by atoms with Crippen molar-refractivity contribution in [2.75, 3.05) is 19.8 Å². The molecule has 0 saturated carbocycles. The molecule has 2 amide bonds. The van der Waals surface area contributed by atoms with Gasteiger partial charge in [0.1, 0.15) is 11.6 Å². The van der Waals surface area contributed by atoms with Gasteiger partial charge in [-0.05, 0) is 25.7 Å². The van der Waals surface area contributed by atoms with E-state index in [1.807, 2.05) is 0 Å². The molecule has 1 aliphatic heterocycles. The molecule has 1 fully saturated rings. The Labute approximate surface area is 164 Å². The summed E-state index contributed by atoms with van der Waals surface area (Å²) in [5.41, 5.74) is 10.0. The van der Waals surface area contributed by atoms with E-state index in [1.54, 1.807) is 20.8 Å². The third-order valence-corrected chi connectivity index (χ3v) is 4.55. The Balaban J connectivity index is 2.72. The molecular formula is C17H32N6O5. The smallest absolute Gasteiger partial charge is 0.245 e. The van der Waals surface area contributed by atoms with Crippen molar-refractivity contribution in [1.82, 2.24) is 16.0 Å². The van der Waals surface area contributed by atoms with Crippen LogP contribution in [0.1, 0.15) is 33.6 Å². The van der Waals surface area contributed by atoms with Crippen LogP contribution in [0.15, 0.2) is 0 Å². The predicted molar refractivity (Wildman–Crippen MR) is 102 cm³/mol. The molecule has 28 heavy (non-hydrogen) atoms. The highest BCUT2D eigenvalue weighted by atomic mass is 16.6. The minimum atomic E-state index is -1.23. The van der Waals surface area contributed by atoms with Crippen molar-refractivity contribution in [3.63, 3.8) is 0 Å². The van der Waals surface area contributed by atoms with Crippen LogP contribution in [0.25, 0.3) is 0 Å². The molecule has 0 aliphatic carbocycles. The van der Waals surface area contributed by atoms with E-state index in [9.17, 15) is 19.5 Å². The van der Waals surface area contributed by atoms with Crippen LogP contribution in [0.2, 0.25) is 0 Å². The molecule has 0 radical (unpaired) electrons. The molecule has 1 rings (SSSR count). The Morgan fingerprint density at radius 3 is 2.25 bits per heavy atom. The Bertz CT molecular complexity index is 593. The van der Waals surface area contributed by atoms with Crippen molar-refractivity contribution in [3.05, 3.63) is 0 Å². The number of ketones is 1. The summed E-state index contributed by atoms with van der Waals surface area (Å²) in [4.78, 5) is 37.2. The standard InChI is InChI=1S/C17H32N6O5/c1-9(2)12(18)15(27)23-11(7-24)14(26)22-10(5-4-6-21-16(19)20)13(25)17(3)8-28-17/h9-12,24H,4-8,18H2,1-3H3,(H,22,26)(H,23,27)(H4,19,20,21)/t10-,11-,12-,17+/m0/s1. The zero-order valence-corrected chi connectivity index (χ0v) is 16.6. The molecule has 11 heteroatoms. The van der Waals surface area contributed by atoms with Gasteiger partial charge >= 0.3 is 0 Å². The molecule has 11 nitrogen and oxygen atoms in total. The summed E-state index contributed by atoms with van der Waals surface area (Å²) in [5, 5.41) is 24.2. The van der Waals surface area contributed by atoms with Crippen molar-refractivity contribution in [2.45, 2.75) is 57.3 Å². The highest BCUT2D eigenvalue weighted by Gasteiger charge is 2.50. The highest BCUT2D eigenvalue weighted by molar-refractivity contribution is 5.98. The van der Waals surface area contributed by atoms with Gasteiger partial charge < -0.3 is 37.3 Å². The number of nitrogens with one attached hydrogen (secondary N) is 4. The number of nitrogens with two attached hydrogens (primary N) is 2. The monoisotopic (exact) mass is 400 g/mol. The fourth-order valence-corrected chi connectivity index (χ4v) is 2.45. The van der Waals surface area contributed by atoms with E-state index < -0.39 is 42.1 Å². The second-order valence-electron chi connectivity index (χ2n) is 7.44. The molecule has 160 valence electrons. The summed E-state index contributed by atoms with van der Waals surface area (Å²) in [7, 11) is 0. The topological polar surface area (TPSA) is 196 Å². The van der Waals surface area contributed by atoms with E-state index in [0.717, 1.165) is 0 Å². The molecule has 0 aromatic rings. The SMILES string of the molecule is CC(C)[C@H](N)C(=O)N[C@@H](CO)C(=O)N[C@@H](CCCNC(=N)N)C(=O)[C@@]1(C)CO1. The van der Waals surface area contributed by atoms with Crippen LogP contribution in [0.5, 0.6) is 0 Å². The summed E-state index contributed by atoms with van der Waals surface area (Å²) in [6.45, 7) is 5.15. The number of epoxide rings is 1. The van der Waals surface area contributed by atoms with Gasteiger partial charge in [0.25, 0.3) is 0 Å². The van der Waals surface area contributed by atoms with Crippen LogP contribution < -0.4 is 27.4 Å². The summed E-state index contributed by atoms with van der Waals surface area (Å²) in [5.74, 6) is -1.86. The van der Waals surface area contributed by atoms with Gasteiger partial charge in [0.2, 0.25) is 11.8 Å². The zero-order chi connectivity index (χ0) is 21.5. The van der Waals surface area contributed by atoms with E-state index in [-0.39, 0.29) is 30.7 Å². The van der Waals surface area contributed by atoms with E-state index in [2.05, 4.69) is 16.0 Å². The van der Waals surface area contributed by atoms with Crippen molar-refractivity contribution in [2.24, 2.45) is 17.4 Å². The van der Waals surface area contributed by atoms with Gasteiger partial charge in [-0.3, -0.25) is 19.8 Å². The van der Waals surface area contributed by atoms with Gasteiger partial charge in [-0.25, -0.2) is 0 Å². The first-order chi connectivity index (χ1) is 13.0. The van der Waals surface area contributed by atoms with Gasteiger partial charge in [-0.15, -0.1) is 0 Å². The number of ether oxygens (including phenoxy) is 1. The quantitative estimate of drug-likeness (QED) is 0.0811. The Morgan fingerprint density at radius 2 is 1.79 bits per heavy atom. The highest BCUT2D eigenvalue weighted by Crippen LogP contribution is 2.29. The summed E-state index contributed by atoms with van der Waals surface area (Å²) < 4.78 is 5.17. The van der Waals surface area contributed by atoms with Crippen LogP contribution in [0.4, 0.5) is 0 Å². The second-order valence-corrected chi connectivity index (χ2v) is 7.44. The predicted octanol–water partition coefficient (Wildman–Crippen LogP) is -2.45. The van der Waals surface area contributed by atoms with Gasteiger partial charge in [-0.1, -0.05) is 13.8 Å². The largest absolute Gasteiger partial charge is 0.394 e. The number of Topliss-reactive ketones (excluding diaryl/α,β-unsaturated/α-hetero) is 1. The van der Waals surface area contributed by atoms with Crippen molar-refractivity contribution in [1.29, 1.82) is 5.41 Å². The number of hydrogen-bond acceptors (Lipinski definition) is 7. The molecular weight excluding hydrogens is 368 g/mol. The second kappa shape index (κ2) is 10.3. The first-order valence-corrected chi connectivity index (χ1v) is 9.25. The fourth-order valence-electron chi connectivity index (χ4n) is 2.45. The van der Waals surface area contributed by atoms with Crippen LogP contribution in [0, 0.1) is 11.3 Å². The molecule has 0 spiro atoms. The Hall–Kier alpha value is -2.24. The molecule has 9 N–H and O–H groups in total. The number of rotatable bonds is 12. The van der Waals surface area contributed by atoms with E-state index in [1.165, 1.54) is 0 Å². The van der Waals surface area contributed by atoms with Crippen molar-refractivity contribution < 1.29 is 24.2 Å². The molecule has 1 aliphatic rings. The molecule has 0 bridgehead atoms. The van der Waals surface area contributed by atoms with Crippen LogP contribution in [-0.4, -0.2) is 72.1 Å². The Kier molecular flexibility index (Phi) is 8.79. The molecule has 4 atom stereocenters. The lowest BCUT2D eigenvalue weighted by molar-refractivity contribution is -0.134. The number of aliphatic hydroxyl groups excluding tert-OH is 1. The number of amides is 2. The minimum absolute atomic E-state index is 0.141. The summed E-state index contributed by atoms with van der Waals surface area (Å²) in [6.07, 6.45) is 0.738. The van der Waals surface area contributed by atoms with Crippen LogP contribution >= 0.6 is 0 Å². The molecule has 1 saturated heterocycles. The maximum atomic E-state index is 12.6. The lowest BCUT2D eigenvalue weighted by Gasteiger charge is -2.24. The molecule has 0 aromatic heterocycles. The molecule has 0 unspecified atom stereocenters. The number of guanidine groups is 1. The van der Waals surface area contributed by atoms with Crippen molar-refractivity contribution in [3.8, 4) is 0 Å². The van der Waals surface area contributed by atoms with Crippen LogP contribution in [0.3, 0.4) is 0 Å². The minimum Gasteiger partial charge on any atom is -0.394 e. The first kappa shape index (κ1) is 23.8. The maximum absolute atomic E-state index is 12.6. The third kappa shape index (κ3) is 7.06. The van der Waals surface area contributed by atoms with Crippen LogP contribution in [-0.2, 0) is 19.1 Å². The molecule has 1 heterocycles. The average molecular weight is 400 g/mol. The van der Waals surface area contributed by atoms with Gasteiger partial charge in [0, 0.05) is 6.54 Å². The lowest BCUT2D eigenvalue weighted by atomic mass is 9.96. The maximum Gasteiger partial charge on any atom is 0.245 e. The average Bonchev–Trinajstić information content (AvgIpc) is 3.38. The summed E-state index contributed by atoms with van der Waals surface area (Å²) in [6, 6.07) is -2.91. The normalized spacial score (nSPS) is 21.4. The zero-order valence-electron chi connectivity index (χ0n) is 16.6. The van der Waals surface area contributed by atoms with E-state index in [0.29, 0.717) is 13.0 Å². The van der Waals surface area contributed by atoms with Gasteiger partial charge in [-0.2, -0.15) is 0 Å². The summed E-state index contributed by atoms with van der Waals surface area (Å²) >= 11 is 0. The lowest BCUT2D eigenvalue weighted by Crippen LogP contribution is -2.57. The van der Waals surface area contributed by atoms with Gasteiger partial charge in [0.15, 0.2) is 11.7 Å². The van der Waals surface area contributed by atoms with Crippen molar-refractivity contribution >= 4 is 23.6 Å². The van der Waals surface area contributed by atoms with E-state index >= 15 is 0 Å². The number of aliphatic hydroxyl groups is 1. The number of carbonyl (C=O) groups is 3. The third-order valence-electron chi connectivity index (χ3n) is 4.55.